The molecule has 0 heterocycles. The van der Waals surface area contributed by atoms with Crippen molar-refractivity contribution in [3.63, 3.8) is 0 Å². The molecule has 1 amide bonds. The molecule has 1 rings (SSSR count). The fourth-order valence-electron chi connectivity index (χ4n) is 2.44. The Labute approximate surface area is 152 Å². The molecule has 6 nitrogen and oxygen atoms in total. The van der Waals surface area contributed by atoms with Gasteiger partial charge in [0, 0.05) is 30.7 Å². The number of rotatable bonds is 8. The molecule has 0 radical (unpaired) electrons. The minimum Gasteiger partial charge on any atom is -0.372 e. The van der Waals surface area contributed by atoms with Gasteiger partial charge in [0.2, 0.25) is 15.9 Å². The van der Waals surface area contributed by atoms with Crippen molar-refractivity contribution in [1.82, 2.24) is 5.32 Å². The maximum atomic E-state index is 12.1. The van der Waals surface area contributed by atoms with E-state index in [4.69, 9.17) is 0 Å². The molecule has 1 aromatic carbocycles. The van der Waals surface area contributed by atoms with Gasteiger partial charge in [-0.2, -0.15) is 0 Å². The number of nitrogens with one attached hydrogen (secondary N) is 1. The van der Waals surface area contributed by atoms with Gasteiger partial charge in [0.15, 0.2) is 0 Å². The fourth-order valence-corrected chi connectivity index (χ4v) is 3.37. The summed E-state index contributed by atoms with van der Waals surface area (Å²) in [6.45, 7) is 11.9. The van der Waals surface area contributed by atoms with Crippen LogP contribution in [-0.2, 0) is 14.8 Å². The molecule has 0 saturated heterocycles. The van der Waals surface area contributed by atoms with Crippen molar-refractivity contribution in [2.24, 2.45) is 5.41 Å². The van der Waals surface area contributed by atoms with Crippen molar-refractivity contribution in [2.45, 2.75) is 34.6 Å². The molecule has 0 aliphatic rings. The summed E-state index contributed by atoms with van der Waals surface area (Å²) < 4.78 is 25.6. The SMILES string of the molecule is CCN(CC)c1ccc(N(CCNC(=O)C(C)(C)C)S(C)(=O)=O)cc1. The zero-order chi connectivity index (χ0) is 19.3. The first-order valence-corrected chi connectivity index (χ1v) is 10.5. The van der Waals surface area contributed by atoms with Crippen LogP contribution >= 0.6 is 0 Å². The first-order chi connectivity index (χ1) is 11.5. The summed E-state index contributed by atoms with van der Waals surface area (Å²) in [4.78, 5) is 14.1. The van der Waals surface area contributed by atoms with Crippen LogP contribution in [0.3, 0.4) is 0 Å². The summed E-state index contributed by atoms with van der Waals surface area (Å²) in [5.74, 6) is -0.0992. The Morgan fingerprint density at radius 1 is 1.04 bits per heavy atom. The Morgan fingerprint density at radius 3 is 1.92 bits per heavy atom. The zero-order valence-corrected chi connectivity index (χ0v) is 17.0. The van der Waals surface area contributed by atoms with Crippen LogP contribution in [0.5, 0.6) is 0 Å². The number of amides is 1. The van der Waals surface area contributed by atoms with Crippen LogP contribution in [-0.4, -0.2) is 46.8 Å². The highest BCUT2D eigenvalue weighted by Gasteiger charge is 2.22. The van der Waals surface area contributed by atoms with E-state index in [2.05, 4.69) is 24.1 Å². The van der Waals surface area contributed by atoms with Crippen LogP contribution in [0.4, 0.5) is 11.4 Å². The third-order valence-electron chi connectivity index (χ3n) is 3.95. The summed E-state index contributed by atoms with van der Waals surface area (Å²) in [6, 6.07) is 7.46. The lowest BCUT2D eigenvalue weighted by Gasteiger charge is -2.26. The lowest BCUT2D eigenvalue weighted by Crippen LogP contribution is -2.41. The summed E-state index contributed by atoms with van der Waals surface area (Å²) >= 11 is 0. The van der Waals surface area contributed by atoms with E-state index >= 15 is 0 Å². The van der Waals surface area contributed by atoms with E-state index in [0.29, 0.717) is 5.69 Å². The largest absolute Gasteiger partial charge is 0.372 e. The molecule has 1 N–H and O–H groups in total. The average molecular weight is 370 g/mol. The monoisotopic (exact) mass is 369 g/mol. The van der Waals surface area contributed by atoms with Crippen LogP contribution < -0.4 is 14.5 Å². The molecule has 0 unspecified atom stereocenters. The predicted molar refractivity (Wildman–Crippen MR) is 105 cm³/mol. The van der Waals surface area contributed by atoms with Crippen molar-refractivity contribution in [2.75, 3.05) is 41.6 Å². The molecule has 0 spiro atoms. The molecule has 1 aromatic rings. The van der Waals surface area contributed by atoms with Gasteiger partial charge in [-0.05, 0) is 38.1 Å². The van der Waals surface area contributed by atoms with E-state index in [1.165, 1.54) is 10.6 Å². The highest BCUT2D eigenvalue weighted by molar-refractivity contribution is 7.92. The first-order valence-electron chi connectivity index (χ1n) is 8.61. The van der Waals surface area contributed by atoms with Crippen LogP contribution in [0.2, 0.25) is 0 Å². The summed E-state index contributed by atoms with van der Waals surface area (Å²) in [7, 11) is -3.43. The highest BCUT2D eigenvalue weighted by Crippen LogP contribution is 2.22. The summed E-state index contributed by atoms with van der Waals surface area (Å²) in [5.41, 5.74) is 1.16. The van der Waals surface area contributed by atoms with E-state index in [9.17, 15) is 13.2 Å². The molecule has 142 valence electrons. The van der Waals surface area contributed by atoms with Crippen molar-refractivity contribution in [3.8, 4) is 0 Å². The molecule has 0 aliphatic heterocycles. The second kappa shape index (κ2) is 8.56. The molecular weight excluding hydrogens is 338 g/mol. The van der Waals surface area contributed by atoms with Crippen molar-refractivity contribution >= 4 is 27.3 Å². The second-order valence-electron chi connectivity index (χ2n) is 7.03. The van der Waals surface area contributed by atoms with E-state index < -0.39 is 15.4 Å². The predicted octanol–water partition coefficient (Wildman–Crippen LogP) is 2.46. The topological polar surface area (TPSA) is 69.7 Å². The molecule has 0 atom stereocenters. The average Bonchev–Trinajstić information content (AvgIpc) is 2.51. The molecule has 7 heteroatoms. The summed E-state index contributed by atoms with van der Waals surface area (Å²) in [5, 5.41) is 2.79. The maximum absolute atomic E-state index is 12.1. The van der Waals surface area contributed by atoms with Gasteiger partial charge in [-0.25, -0.2) is 8.42 Å². The molecular formula is C18H31N3O3S. The molecule has 0 aliphatic carbocycles. The van der Waals surface area contributed by atoms with Gasteiger partial charge < -0.3 is 10.2 Å². The van der Waals surface area contributed by atoms with Crippen LogP contribution in [0.1, 0.15) is 34.6 Å². The highest BCUT2D eigenvalue weighted by atomic mass is 32.2. The number of nitrogens with zero attached hydrogens (tertiary/aromatic N) is 2. The van der Waals surface area contributed by atoms with Gasteiger partial charge in [0.1, 0.15) is 0 Å². The van der Waals surface area contributed by atoms with Gasteiger partial charge in [0.25, 0.3) is 0 Å². The zero-order valence-electron chi connectivity index (χ0n) is 16.2. The quantitative estimate of drug-likeness (QED) is 0.764. The Balaban J connectivity index is 2.88. The molecule has 25 heavy (non-hydrogen) atoms. The smallest absolute Gasteiger partial charge is 0.232 e. The maximum Gasteiger partial charge on any atom is 0.232 e. The minimum absolute atomic E-state index is 0.0992. The van der Waals surface area contributed by atoms with Crippen molar-refractivity contribution in [1.29, 1.82) is 0 Å². The number of carbonyl (C=O) groups is 1. The van der Waals surface area contributed by atoms with Gasteiger partial charge >= 0.3 is 0 Å². The number of benzene rings is 1. The normalized spacial score (nSPS) is 11.9. The fraction of sp³-hybridized carbons (Fsp3) is 0.611. The van der Waals surface area contributed by atoms with Gasteiger partial charge in [-0.15, -0.1) is 0 Å². The second-order valence-corrected chi connectivity index (χ2v) is 8.94. The van der Waals surface area contributed by atoms with Crippen LogP contribution in [0.25, 0.3) is 0 Å². The Hall–Kier alpha value is -1.76. The van der Waals surface area contributed by atoms with Gasteiger partial charge in [0.05, 0.1) is 18.5 Å². The number of hydrogen-bond acceptors (Lipinski definition) is 4. The Kier molecular flexibility index (Phi) is 7.29. The first kappa shape index (κ1) is 21.3. The summed E-state index contributed by atoms with van der Waals surface area (Å²) in [6.07, 6.45) is 1.18. The van der Waals surface area contributed by atoms with Crippen molar-refractivity contribution < 1.29 is 13.2 Å². The van der Waals surface area contributed by atoms with Gasteiger partial charge in [-0.3, -0.25) is 9.10 Å². The number of anilines is 2. The lowest BCUT2D eigenvalue weighted by molar-refractivity contribution is -0.128. The van der Waals surface area contributed by atoms with Gasteiger partial charge in [-0.1, -0.05) is 20.8 Å². The number of hydrogen-bond donors (Lipinski definition) is 1. The van der Waals surface area contributed by atoms with Crippen LogP contribution in [0, 0.1) is 5.41 Å². The molecule has 0 fully saturated rings. The molecule has 0 aromatic heterocycles. The Morgan fingerprint density at radius 2 is 1.52 bits per heavy atom. The van der Waals surface area contributed by atoms with E-state index in [-0.39, 0.29) is 19.0 Å². The van der Waals surface area contributed by atoms with E-state index in [0.717, 1.165) is 18.8 Å². The number of carbonyl (C=O) groups excluding carboxylic acids is 1. The third-order valence-corrected chi connectivity index (χ3v) is 5.14. The number of sulfonamides is 1. The standard InChI is InChI=1S/C18H31N3O3S/c1-7-20(8-2)15-9-11-16(12-10-15)21(25(6,23)24)14-13-19-17(22)18(3,4)5/h9-12H,7-8,13-14H2,1-6H3,(H,19,22). The van der Waals surface area contributed by atoms with E-state index in [1.807, 2.05) is 32.9 Å². The molecule has 0 saturated carbocycles. The van der Waals surface area contributed by atoms with E-state index in [1.54, 1.807) is 12.1 Å². The Bertz CT molecular complexity index is 660. The molecule has 0 bridgehead atoms. The third kappa shape index (κ3) is 6.23. The lowest BCUT2D eigenvalue weighted by atomic mass is 9.96. The van der Waals surface area contributed by atoms with Crippen LogP contribution in [0.15, 0.2) is 24.3 Å². The van der Waals surface area contributed by atoms with Crippen molar-refractivity contribution in [3.05, 3.63) is 24.3 Å². The minimum atomic E-state index is -3.43.